The number of rotatable bonds is 8. The number of imidazole rings is 1. The smallest absolute Gasteiger partial charge is 0.315 e. The molecule has 0 atom stereocenters. The molecule has 0 saturated carbocycles. The van der Waals surface area contributed by atoms with Crippen LogP contribution in [0.15, 0.2) is 33.6 Å². The molecule has 37 heavy (non-hydrogen) atoms. The first-order valence-electron chi connectivity index (χ1n) is 11.2. The standard InChI is InChI=1S/C23H23F2N7O4S/c1-5-14(33)8-32-21(35)17-19(30(4)22(32)36)27-11-31(17)9-16(34)28-15-10-37-20(29-15)13-6-12(2)18(26-7-13)23(3,24)25/h6-7,10-11H,5,8-9H2,1-4H3,(H,28,34). The average molecular weight is 532 g/mol. The molecule has 14 heteroatoms. The van der Waals surface area contributed by atoms with Gasteiger partial charge in [0.25, 0.3) is 11.5 Å². The first kappa shape index (κ1) is 26.0. The second-order valence-corrected chi connectivity index (χ2v) is 9.39. The molecular weight excluding hydrogens is 508 g/mol. The van der Waals surface area contributed by atoms with Crippen molar-refractivity contribution in [2.24, 2.45) is 7.05 Å². The van der Waals surface area contributed by atoms with Crippen LogP contribution in [0.3, 0.4) is 0 Å². The van der Waals surface area contributed by atoms with E-state index in [2.05, 4.69) is 20.3 Å². The molecule has 4 rings (SSSR count). The predicted octanol–water partition coefficient (Wildman–Crippen LogP) is 2.45. The highest BCUT2D eigenvalue weighted by Gasteiger charge is 2.28. The Hall–Kier alpha value is -4.07. The van der Waals surface area contributed by atoms with Crippen LogP contribution in [-0.2, 0) is 35.6 Å². The number of anilines is 1. The van der Waals surface area contributed by atoms with Crippen molar-refractivity contribution in [2.75, 3.05) is 5.32 Å². The molecule has 1 amide bonds. The van der Waals surface area contributed by atoms with Crippen LogP contribution in [-0.4, -0.2) is 40.3 Å². The van der Waals surface area contributed by atoms with E-state index in [4.69, 9.17) is 0 Å². The van der Waals surface area contributed by atoms with E-state index in [1.165, 1.54) is 42.4 Å². The van der Waals surface area contributed by atoms with Crippen molar-refractivity contribution >= 4 is 40.0 Å². The van der Waals surface area contributed by atoms with Crippen molar-refractivity contribution in [1.82, 2.24) is 28.7 Å². The zero-order chi connectivity index (χ0) is 27.1. The predicted molar refractivity (Wildman–Crippen MR) is 133 cm³/mol. The number of alkyl halides is 2. The van der Waals surface area contributed by atoms with Crippen molar-refractivity contribution in [1.29, 1.82) is 0 Å². The maximum absolute atomic E-state index is 13.6. The molecule has 0 spiro atoms. The van der Waals surface area contributed by atoms with Gasteiger partial charge in [0, 0.05) is 37.5 Å². The van der Waals surface area contributed by atoms with Crippen molar-refractivity contribution in [3.8, 4) is 10.6 Å². The van der Waals surface area contributed by atoms with Gasteiger partial charge in [-0.25, -0.2) is 14.8 Å². The molecule has 0 radical (unpaired) electrons. The molecule has 0 aliphatic heterocycles. The fourth-order valence-electron chi connectivity index (χ4n) is 3.82. The normalized spacial score (nSPS) is 11.7. The van der Waals surface area contributed by atoms with E-state index in [0.717, 1.165) is 16.1 Å². The van der Waals surface area contributed by atoms with E-state index >= 15 is 0 Å². The summed E-state index contributed by atoms with van der Waals surface area (Å²) in [7, 11) is 1.43. The minimum absolute atomic E-state index is 0.00878. The minimum atomic E-state index is -3.07. The minimum Gasteiger partial charge on any atom is -0.315 e. The molecule has 194 valence electrons. The Morgan fingerprint density at radius 1 is 1.19 bits per heavy atom. The molecule has 0 aromatic carbocycles. The molecule has 0 aliphatic rings. The summed E-state index contributed by atoms with van der Waals surface area (Å²) in [6, 6.07) is 1.56. The zero-order valence-corrected chi connectivity index (χ0v) is 21.2. The van der Waals surface area contributed by atoms with E-state index in [1.807, 2.05) is 0 Å². The number of hydrogen-bond acceptors (Lipinski definition) is 8. The number of nitrogens with one attached hydrogen (secondary N) is 1. The summed E-state index contributed by atoms with van der Waals surface area (Å²) in [6.07, 6.45) is 2.74. The van der Waals surface area contributed by atoms with Gasteiger partial charge in [0.05, 0.1) is 12.9 Å². The van der Waals surface area contributed by atoms with Crippen LogP contribution < -0.4 is 16.6 Å². The SMILES string of the molecule is CCC(=O)Cn1c(=O)c2c(ncn2CC(=O)Nc2csc(-c3cnc(C(C)(F)F)c(C)c3)n2)n(C)c1=O. The van der Waals surface area contributed by atoms with Gasteiger partial charge in [0.1, 0.15) is 23.1 Å². The Morgan fingerprint density at radius 3 is 2.57 bits per heavy atom. The molecule has 0 saturated heterocycles. The third-order valence-corrected chi connectivity index (χ3v) is 6.55. The zero-order valence-electron chi connectivity index (χ0n) is 20.4. The highest BCUT2D eigenvalue weighted by atomic mass is 32.1. The van der Waals surface area contributed by atoms with Crippen LogP contribution in [0.2, 0.25) is 0 Å². The molecule has 11 nitrogen and oxygen atoms in total. The maximum atomic E-state index is 13.6. The fraction of sp³-hybridized carbons (Fsp3) is 0.348. The lowest BCUT2D eigenvalue weighted by atomic mass is 10.1. The fourth-order valence-corrected chi connectivity index (χ4v) is 4.56. The van der Waals surface area contributed by atoms with E-state index in [1.54, 1.807) is 18.4 Å². The number of thiazole rings is 1. The number of hydrogen-bond donors (Lipinski definition) is 1. The molecule has 0 bridgehead atoms. The van der Waals surface area contributed by atoms with Gasteiger partial charge < -0.3 is 9.88 Å². The Balaban J connectivity index is 1.56. The Morgan fingerprint density at radius 2 is 1.92 bits per heavy atom. The van der Waals surface area contributed by atoms with E-state index in [9.17, 15) is 28.0 Å². The lowest BCUT2D eigenvalue weighted by Crippen LogP contribution is -2.41. The largest absolute Gasteiger partial charge is 0.332 e. The second-order valence-electron chi connectivity index (χ2n) is 8.53. The van der Waals surface area contributed by atoms with Gasteiger partial charge in [-0.3, -0.25) is 28.5 Å². The number of fused-ring (bicyclic) bond motifs is 1. The summed E-state index contributed by atoms with van der Waals surface area (Å²) in [5, 5.41) is 4.69. The van der Waals surface area contributed by atoms with Crippen molar-refractivity contribution in [3.05, 3.63) is 56.1 Å². The number of carbonyl (C=O) groups is 2. The van der Waals surface area contributed by atoms with Crippen LogP contribution in [0.1, 0.15) is 31.5 Å². The lowest BCUT2D eigenvalue weighted by molar-refractivity contribution is -0.119. The number of amides is 1. The van der Waals surface area contributed by atoms with E-state index in [0.29, 0.717) is 16.1 Å². The number of ketones is 1. The molecular formula is C23H23F2N7O4S. The van der Waals surface area contributed by atoms with Gasteiger partial charge in [-0.15, -0.1) is 11.3 Å². The number of pyridine rings is 1. The number of carbonyl (C=O) groups excluding carboxylic acids is 2. The van der Waals surface area contributed by atoms with Gasteiger partial charge >= 0.3 is 5.69 Å². The Labute approximate surface area is 212 Å². The topological polar surface area (TPSA) is 134 Å². The van der Waals surface area contributed by atoms with Crippen LogP contribution in [0.5, 0.6) is 0 Å². The van der Waals surface area contributed by atoms with Crippen molar-refractivity contribution in [3.63, 3.8) is 0 Å². The van der Waals surface area contributed by atoms with E-state index in [-0.39, 0.29) is 48.0 Å². The summed E-state index contributed by atoms with van der Waals surface area (Å²) in [5.74, 6) is -3.64. The van der Waals surface area contributed by atoms with Gasteiger partial charge in [-0.05, 0) is 18.6 Å². The van der Waals surface area contributed by atoms with Gasteiger partial charge in [-0.2, -0.15) is 8.78 Å². The van der Waals surface area contributed by atoms with Crippen molar-refractivity contribution < 1.29 is 18.4 Å². The summed E-state index contributed by atoms with van der Waals surface area (Å²) < 4.78 is 30.5. The number of aromatic nitrogens is 6. The summed E-state index contributed by atoms with van der Waals surface area (Å²) in [4.78, 5) is 62.4. The maximum Gasteiger partial charge on any atom is 0.332 e. The first-order chi connectivity index (χ1) is 17.4. The quantitative estimate of drug-likeness (QED) is 0.369. The van der Waals surface area contributed by atoms with E-state index < -0.39 is 23.1 Å². The molecule has 0 fully saturated rings. The molecule has 4 aromatic rings. The highest BCUT2D eigenvalue weighted by Crippen LogP contribution is 2.32. The average Bonchev–Trinajstić information content (AvgIpc) is 3.46. The van der Waals surface area contributed by atoms with Crippen LogP contribution in [0.4, 0.5) is 14.6 Å². The molecule has 4 aromatic heterocycles. The lowest BCUT2D eigenvalue weighted by Gasteiger charge is -2.12. The number of aryl methyl sites for hydroxylation is 2. The second kappa shape index (κ2) is 9.76. The van der Waals surface area contributed by atoms with Gasteiger partial charge in [0.15, 0.2) is 16.9 Å². The first-order valence-corrected chi connectivity index (χ1v) is 12.1. The van der Waals surface area contributed by atoms with Gasteiger partial charge in [-0.1, -0.05) is 6.92 Å². The van der Waals surface area contributed by atoms with Crippen LogP contribution in [0.25, 0.3) is 21.7 Å². The summed E-state index contributed by atoms with van der Waals surface area (Å²) in [5.41, 5.74) is -0.769. The molecule has 0 unspecified atom stereocenters. The van der Waals surface area contributed by atoms with Crippen LogP contribution in [0, 0.1) is 6.92 Å². The number of halogens is 2. The van der Waals surface area contributed by atoms with Crippen LogP contribution >= 0.6 is 11.3 Å². The Bertz CT molecular complexity index is 1650. The number of Topliss-reactive ketones (excluding diaryl/α,β-unsaturated/α-hetero) is 1. The third kappa shape index (κ3) is 5.09. The van der Waals surface area contributed by atoms with Gasteiger partial charge in [0.2, 0.25) is 5.91 Å². The molecule has 1 N–H and O–H groups in total. The Kier molecular flexibility index (Phi) is 6.86. The summed E-state index contributed by atoms with van der Waals surface area (Å²) >= 11 is 1.20. The number of nitrogens with zero attached hydrogens (tertiary/aromatic N) is 6. The highest BCUT2D eigenvalue weighted by molar-refractivity contribution is 7.13. The third-order valence-electron chi connectivity index (χ3n) is 5.66. The summed E-state index contributed by atoms with van der Waals surface area (Å²) in [6.45, 7) is 3.27. The van der Waals surface area contributed by atoms with Crippen molar-refractivity contribution in [2.45, 2.75) is 46.2 Å². The monoisotopic (exact) mass is 531 g/mol. The molecule has 0 aliphatic carbocycles. The molecule has 4 heterocycles.